The lowest BCUT2D eigenvalue weighted by Gasteiger charge is -2.35. The summed E-state index contributed by atoms with van der Waals surface area (Å²) in [6.07, 6.45) is 0. The first-order valence-corrected chi connectivity index (χ1v) is 6.70. The first kappa shape index (κ1) is 13.4. The van der Waals surface area contributed by atoms with Crippen molar-refractivity contribution in [2.24, 2.45) is 0 Å². The predicted molar refractivity (Wildman–Crippen MR) is 80.0 cm³/mol. The number of hydrogen-bond donors (Lipinski definition) is 0. The van der Waals surface area contributed by atoms with Crippen LogP contribution < -0.4 is 14.5 Å². The van der Waals surface area contributed by atoms with Crippen LogP contribution >= 0.6 is 0 Å². The second kappa shape index (κ2) is 5.40. The van der Waals surface area contributed by atoms with E-state index in [0.717, 1.165) is 17.9 Å². The van der Waals surface area contributed by atoms with Gasteiger partial charge in [0, 0.05) is 26.2 Å². The molecule has 2 aromatic rings. The maximum Gasteiger partial charge on any atom is 0.278 e. The van der Waals surface area contributed by atoms with Gasteiger partial charge in [0.25, 0.3) is 5.91 Å². The smallest absolute Gasteiger partial charge is 0.278 e. The minimum Gasteiger partial charge on any atom is -0.480 e. The number of aromatic nitrogens is 2. The maximum atomic E-state index is 12.6. The van der Waals surface area contributed by atoms with E-state index in [2.05, 4.69) is 15.1 Å². The number of amides is 1. The molecule has 0 radical (unpaired) electrons. The zero-order valence-electron chi connectivity index (χ0n) is 12.0. The van der Waals surface area contributed by atoms with E-state index in [9.17, 15) is 4.79 Å². The molecule has 0 fully saturated rings. The quantitative estimate of drug-likeness (QED) is 0.838. The molecule has 0 saturated carbocycles. The second-order valence-electron chi connectivity index (χ2n) is 4.83. The zero-order chi connectivity index (χ0) is 14.8. The molecule has 0 N–H and O–H groups in total. The summed E-state index contributed by atoms with van der Waals surface area (Å²) in [7, 11) is 3.54. The number of carbonyl (C=O) groups excluding carboxylic acids is 1. The van der Waals surface area contributed by atoms with E-state index in [4.69, 9.17) is 4.74 Å². The Kier molecular flexibility index (Phi) is 3.43. The Morgan fingerprint density at radius 2 is 1.86 bits per heavy atom. The lowest BCUT2D eigenvalue weighted by atomic mass is 10.1. The van der Waals surface area contributed by atoms with Crippen molar-refractivity contribution in [3.05, 3.63) is 42.1 Å². The predicted octanol–water partition coefficient (Wildman–Crippen LogP) is 1.58. The van der Waals surface area contributed by atoms with E-state index in [0.29, 0.717) is 18.1 Å². The summed E-state index contributed by atoms with van der Waals surface area (Å²) < 4.78 is 4.96. The van der Waals surface area contributed by atoms with Gasteiger partial charge < -0.3 is 14.5 Å². The van der Waals surface area contributed by atoms with Crippen molar-refractivity contribution in [2.75, 3.05) is 37.0 Å². The van der Waals surface area contributed by atoms with E-state index in [1.165, 1.54) is 7.11 Å². The minimum atomic E-state index is -0.147. The van der Waals surface area contributed by atoms with Gasteiger partial charge >= 0.3 is 0 Å². The maximum absolute atomic E-state index is 12.6. The molecule has 1 aliphatic rings. The van der Waals surface area contributed by atoms with Crippen LogP contribution in [0.5, 0.6) is 5.88 Å². The lowest BCUT2D eigenvalue weighted by molar-refractivity contribution is 0.0981. The third-order valence-electron chi connectivity index (χ3n) is 3.56. The fourth-order valence-electron chi connectivity index (χ4n) is 2.40. The summed E-state index contributed by atoms with van der Waals surface area (Å²) in [5.41, 5.74) is 2.25. The number of nitrogens with zero attached hydrogens (tertiary/aromatic N) is 4. The molecular weight excluding hydrogens is 268 g/mol. The Hall–Kier alpha value is -2.63. The Labute approximate surface area is 123 Å². The van der Waals surface area contributed by atoms with Crippen LogP contribution in [0.4, 0.5) is 11.4 Å². The number of hydrogen-bond acceptors (Lipinski definition) is 5. The van der Waals surface area contributed by atoms with Crippen LogP contribution in [0, 0.1) is 0 Å². The van der Waals surface area contributed by atoms with Gasteiger partial charge in [0.05, 0.1) is 18.5 Å². The van der Waals surface area contributed by atoms with Crippen LogP contribution in [-0.2, 0) is 0 Å². The molecule has 0 atom stereocenters. The van der Waals surface area contributed by atoms with Gasteiger partial charge in [-0.2, -0.15) is 0 Å². The molecule has 1 amide bonds. The van der Waals surface area contributed by atoms with Gasteiger partial charge in [-0.1, -0.05) is 12.1 Å². The highest BCUT2D eigenvalue weighted by Gasteiger charge is 2.26. The van der Waals surface area contributed by atoms with Crippen LogP contribution in [0.2, 0.25) is 0 Å². The van der Waals surface area contributed by atoms with Crippen LogP contribution in [-0.4, -0.2) is 43.4 Å². The molecule has 0 saturated heterocycles. The largest absolute Gasteiger partial charge is 0.480 e. The number of para-hydroxylation sites is 2. The number of rotatable bonds is 2. The number of methoxy groups -OCH3 is 1. The standard InChI is InChI=1S/C15H16N4O2/c1-18-9-10-19(13-6-4-3-5-12(13)18)15(20)11-7-8-14(21-2)17-16-11/h3-8H,9-10H2,1-2H3. The molecule has 3 rings (SSSR count). The molecule has 6 nitrogen and oxygen atoms in total. The monoisotopic (exact) mass is 284 g/mol. The first-order chi connectivity index (χ1) is 10.2. The van der Waals surface area contributed by atoms with E-state index in [1.807, 2.05) is 31.3 Å². The van der Waals surface area contributed by atoms with Gasteiger partial charge in [-0.15, -0.1) is 10.2 Å². The summed E-state index contributed by atoms with van der Waals surface area (Å²) in [4.78, 5) is 16.5. The molecule has 1 aromatic carbocycles. The highest BCUT2D eigenvalue weighted by atomic mass is 16.5. The fraction of sp³-hybridized carbons (Fsp3) is 0.267. The topological polar surface area (TPSA) is 58.6 Å². The van der Waals surface area contributed by atoms with Gasteiger partial charge in [0.1, 0.15) is 0 Å². The molecule has 0 unspecified atom stereocenters. The van der Waals surface area contributed by atoms with Crippen molar-refractivity contribution in [3.8, 4) is 5.88 Å². The number of benzene rings is 1. The van der Waals surface area contributed by atoms with E-state index in [1.54, 1.807) is 17.0 Å². The summed E-state index contributed by atoms with van der Waals surface area (Å²) in [6.45, 7) is 1.41. The van der Waals surface area contributed by atoms with Gasteiger partial charge in [-0.25, -0.2) is 0 Å². The van der Waals surface area contributed by atoms with Crippen molar-refractivity contribution in [1.82, 2.24) is 10.2 Å². The Balaban J connectivity index is 1.93. The van der Waals surface area contributed by atoms with Gasteiger partial charge in [-0.05, 0) is 18.2 Å². The van der Waals surface area contributed by atoms with Gasteiger partial charge in [0.2, 0.25) is 5.88 Å². The highest BCUT2D eigenvalue weighted by molar-refractivity contribution is 6.07. The summed E-state index contributed by atoms with van der Waals surface area (Å²) in [6, 6.07) is 11.1. The van der Waals surface area contributed by atoms with Crippen molar-refractivity contribution < 1.29 is 9.53 Å². The molecular formula is C15H16N4O2. The highest BCUT2D eigenvalue weighted by Crippen LogP contribution is 2.32. The molecule has 0 spiro atoms. The third kappa shape index (κ3) is 2.40. The summed E-state index contributed by atoms with van der Waals surface area (Å²) in [5.74, 6) is 0.246. The molecule has 108 valence electrons. The zero-order valence-corrected chi connectivity index (χ0v) is 12.0. The van der Waals surface area contributed by atoms with Gasteiger partial charge in [-0.3, -0.25) is 4.79 Å². The molecule has 1 aliphatic heterocycles. The van der Waals surface area contributed by atoms with Crippen LogP contribution in [0.15, 0.2) is 36.4 Å². The lowest BCUT2D eigenvalue weighted by Crippen LogP contribution is -2.43. The number of carbonyl (C=O) groups is 1. The Bertz CT molecular complexity index is 657. The van der Waals surface area contributed by atoms with Crippen LogP contribution in [0.1, 0.15) is 10.5 Å². The van der Waals surface area contributed by atoms with Crippen LogP contribution in [0.3, 0.4) is 0 Å². The average Bonchev–Trinajstić information content (AvgIpc) is 2.55. The molecule has 6 heteroatoms. The first-order valence-electron chi connectivity index (χ1n) is 6.70. The van der Waals surface area contributed by atoms with Crippen molar-refractivity contribution in [2.45, 2.75) is 0 Å². The SMILES string of the molecule is COc1ccc(C(=O)N2CCN(C)c3ccccc32)nn1. The molecule has 21 heavy (non-hydrogen) atoms. The Morgan fingerprint density at radius 3 is 2.52 bits per heavy atom. The second-order valence-corrected chi connectivity index (χ2v) is 4.83. The van der Waals surface area contributed by atoms with E-state index < -0.39 is 0 Å². The number of anilines is 2. The summed E-state index contributed by atoms with van der Waals surface area (Å²) in [5, 5.41) is 7.79. The molecule has 0 bridgehead atoms. The number of ether oxygens (including phenoxy) is 1. The van der Waals surface area contributed by atoms with Gasteiger partial charge in [0.15, 0.2) is 5.69 Å². The van der Waals surface area contributed by atoms with Crippen molar-refractivity contribution >= 4 is 17.3 Å². The molecule has 0 aliphatic carbocycles. The van der Waals surface area contributed by atoms with Crippen molar-refractivity contribution in [1.29, 1.82) is 0 Å². The summed E-state index contributed by atoms with van der Waals surface area (Å²) >= 11 is 0. The third-order valence-corrected chi connectivity index (χ3v) is 3.56. The van der Waals surface area contributed by atoms with E-state index in [-0.39, 0.29) is 5.91 Å². The average molecular weight is 284 g/mol. The number of fused-ring (bicyclic) bond motifs is 1. The van der Waals surface area contributed by atoms with Crippen molar-refractivity contribution in [3.63, 3.8) is 0 Å². The van der Waals surface area contributed by atoms with Crippen LogP contribution in [0.25, 0.3) is 0 Å². The molecule has 1 aromatic heterocycles. The number of likely N-dealkylation sites (N-methyl/N-ethyl adjacent to an activating group) is 1. The fourth-order valence-corrected chi connectivity index (χ4v) is 2.40. The van der Waals surface area contributed by atoms with E-state index >= 15 is 0 Å². The minimum absolute atomic E-state index is 0.147. The molecule has 2 heterocycles. The normalized spacial score (nSPS) is 13.8. The Morgan fingerprint density at radius 1 is 1.10 bits per heavy atom.